The summed E-state index contributed by atoms with van der Waals surface area (Å²) in [5, 5.41) is 0. The van der Waals surface area contributed by atoms with Crippen molar-refractivity contribution in [2.45, 2.75) is 84.2 Å². The van der Waals surface area contributed by atoms with Crippen LogP contribution in [0.5, 0.6) is 0 Å². The zero-order valence-electron chi connectivity index (χ0n) is 13.5. The Bertz CT molecular complexity index is 369. The number of rotatable bonds is 14. The van der Waals surface area contributed by atoms with Gasteiger partial charge in [0.05, 0.1) is 6.10 Å². The van der Waals surface area contributed by atoms with Gasteiger partial charge in [-0.15, -0.1) is 0 Å². The highest BCUT2D eigenvalue weighted by Crippen LogP contribution is 2.58. The molecule has 0 aliphatic rings. The molecule has 0 rings (SSSR count). The summed E-state index contributed by atoms with van der Waals surface area (Å²) in [5.74, 6) is 0. The lowest BCUT2D eigenvalue weighted by atomic mass is 10.1. The fourth-order valence-electron chi connectivity index (χ4n) is 2.18. The van der Waals surface area contributed by atoms with Gasteiger partial charge < -0.3 is 14.7 Å². The van der Waals surface area contributed by atoms with Gasteiger partial charge in [-0.3, -0.25) is 4.52 Å². The summed E-state index contributed by atoms with van der Waals surface area (Å²) in [6, 6.07) is 0. The van der Waals surface area contributed by atoms with Crippen LogP contribution in [0, 0.1) is 0 Å². The second-order valence-electron chi connectivity index (χ2n) is 5.57. The first-order valence-electron chi connectivity index (χ1n) is 7.94. The average Bonchev–Trinajstić information content (AvgIpc) is 2.33. The molecule has 0 aliphatic carbocycles. The summed E-state index contributed by atoms with van der Waals surface area (Å²) in [4.78, 5) is 26.2. The summed E-state index contributed by atoms with van der Waals surface area (Å²) in [6.07, 6.45) is 10.5. The van der Waals surface area contributed by atoms with E-state index in [0.717, 1.165) is 19.3 Å². The van der Waals surface area contributed by atoms with Gasteiger partial charge in [-0.05, 0) is 13.3 Å². The zero-order valence-corrected chi connectivity index (χ0v) is 15.3. The molecule has 0 bridgehead atoms. The Kier molecular flexibility index (Phi) is 11.9. The predicted molar refractivity (Wildman–Crippen MR) is 85.3 cm³/mol. The van der Waals surface area contributed by atoms with E-state index in [1.807, 2.05) is 0 Å². The molecule has 0 amide bonds. The van der Waals surface area contributed by atoms with Crippen molar-refractivity contribution in [3.05, 3.63) is 0 Å². The minimum absolute atomic E-state index is 0.547. The van der Waals surface area contributed by atoms with Gasteiger partial charge in [0.2, 0.25) is 0 Å². The average molecular weight is 360 g/mol. The van der Waals surface area contributed by atoms with Gasteiger partial charge in [0, 0.05) is 0 Å². The van der Waals surface area contributed by atoms with Crippen LogP contribution in [0.2, 0.25) is 0 Å². The van der Waals surface area contributed by atoms with Gasteiger partial charge in [-0.2, -0.15) is 4.31 Å². The summed E-state index contributed by atoms with van der Waals surface area (Å²) in [6.45, 7) is 3.77. The van der Waals surface area contributed by atoms with Crippen LogP contribution in [-0.4, -0.2) is 20.8 Å². The molecular weight excluding hydrogens is 330 g/mol. The van der Waals surface area contributed by atoms with Gasteiger partial charge >= 0.3 is 15.6 Å². The molecule has 0 aliphatic heterocycles. The molecule has 7 nitrogen and oxygen atoms in total. The molecule has 9 heteroatoms. The molecular formula is C13H30O7P2. The first-order chi connectivity index (χ1) is 10.2. The minimum atomic E-state index is -5.03. The maximum absolute atomic E-state index is 11.3. The Labute approximate surface area is 133 Å². The van der Waals surface area contributed by atoms with Gasteiger partial charge in [0.25, 0.3) is 0 Å². The van der Waals surface area contributed by atoms with E-state index < -0.39 is 21.7 Å². The van der Waals surface area contributed by atoms with Crippen molar-refractivity contribution in [2.24, 2.45) is 0 Å². The van der Waals surface area contributed by atoms with E-state index in [4.69, 9.17) is 9.79 Å². The standard InChI is InChI=1S/C13H30O7P2/c1-3-4-5-6-7-8-9-10-11-12-13(2)19-22(17,18)20-21(14,15)16/h13H,3-12H2,1-2H3,(H,17,18)(H2,14,15,16). The smallest absolute Gasteiger partial charge is 0.302 e. The van der Waals surface area contributed by atoms with Crippen LogP contribution in [-0.2, 0) is 18.0 Å². The lowest BCUT2D eigenvalue weighted by Gasteiger charge is -2.17. The normalized spacial score (nSPS) is 16.4. The van der Waals surface area contributed by atoms with Crippen LogP contribution in [0.15, 0.2) is 0 Å². The second kappa shape index (κ2) is 11.7. The lowest BCUT2D eigenvalue weighted by molar-refractivity contribution is 0.130. The van der Waals surface area contributed by atoms with Crippen LogP contribution in [0.3, 0.4) is 0 Å². The molecule has 0 saturated heterocycles. The highest BCUT2D eigenvalue weighted by molar-refractivity contribution is 7.60. The first kappa shape index (κ1) is 22.3. The van der Waals surface area contributed by atoms with E-state index in [2.05, 4.69) is 15.8 Å². The molecule has 0 aromatic rings. The molecule has 0 aromatic heterocycles. The molecule has 0 fully saturated rings. The summed E-state index contributed by atoms with van der Waals surface area (Å²) in [5.41, 5.74) is 0. The molecule has 2 unspecified atom stereocenters. The van der Waals surface area contributed by atoms with Crippen molar-refractivity contribution in [1.29, 1.82) is 0 Å². The third kappa shape index (κ3) is 15.2. The van der Waals surface area contributed by atoms with Crippen LogP contribution in [0.1, 0.15) is 78.1 Å². The van der Waals surface area contributed by atoms with Crippen LogP contribution < -0.4 is 0 Å². The summed E-state index contributed by atoms with van der Waals surface area (Å²) in [7, 11) is -9.74. The van der Waals surface area contributed by atoms with Crippen LogP contribution in [0.25, 0.3) is 0 Å². The highest BCUT2D eigenvalue weighted by Gasteiger charge is 2.33. The van der Waals surface area contributed by atoms with Crippen molar-refractivity contribution in [3.8, 4) is 0 Å². The topological polar surface area (TPSA) is 113 Å². The van der Waals surface area contributed by atoms with Crippen molar-refractivity contribution in [2.75, 3.05) is 0 Å². The SMILES string of the molecule is CCCCCCCCCCCC(C)OP(=O)(O)OP(=O)(O)O. The first-order valence-corrected chi connectivity index (χ1v) is 11.0. The van der Waals surface area contributed by atoms with Crippen molar-refractivity contribution in [3.63, 3.8) is 0 Å². The van der Waals surface area contributed by atoms with E-state index in [-0.39, 0.29) is 0 Å². The van der Waals surface area contributed by atoms with E-state index >= 15 is 0 Å². The lowest BCUT2D eigenvalue weighted by Crippen LogP contribution is -2.07. The number of hydrogen-bond acceptors (Lipinski definition) is 4. The Hall–Kier alpha value is 0.260. The third-order valence-electron chi connectivity index (χ3n) is 3.24. The van der Waals surface area contributed by atoms with Gasteiger partial charge in [0.15, 0.2) is 0 Å². The predicted octanol–water partition coefficient (Wildman–Crippen LogP) is 4.52. The number of hydrogen-bond donors (Lipinski definition) is 3. The molecule has 3 N–H and O–H groups in total. The van der Waals surface area contributed by atoms with E-state index in [0.29, 0.717) is 6.42 Å². The second-order valence-corrected chi connectivity index (χ2v) is 8.36. The highest BCUT2D eigenvalue weighted by atomic mass is 31.3. The van der Waals surface area contributed by atoms with E-state index in [1.165, 1.54) is 38.5 Å². The van der Waals surface area contributed by atoms with Gasteiger partial charge in [0.1, 0.15) is 0 Å². The monoisotopic (exact) mass is 360 g/mol. The third-order valence-corrected chi connectivity index (χ3v) is 5.54. The Morgan fingerprint density at radius 3 is 1.77 bits per heavy atom. The van der Waals surface area contributed by atoms with Gasteiger partial charge in [-0.25, -0.2) is 9.13 Å². The molecule has 0 saturated carbocycles. The molecule has 22 heavy (non-hydrogen) atoms. The van der Waals surface area contributed by atoms with Gasteiger partial charge in [-0.1, -0.05) is 64.7 Å². The molecule has 0 spiro atoms. The fraction of sp³-hybridized carbons (Fsp3) is 1.00. The van der Waals surface area contributed by atoms with Crippen molar-refractivity contribution >= 4 is 15.6 Å². The largest absolute Gasteiger partial charge is 0.481 e. The van der Waals surface area contributed by atoms with Crippen molar-refractivity contribution < 1.29 is 32.6 Å². The number of unbranched alkanes of at least 4 members (excludes halogenated alkanes) is 8. The number of phosphoric ester groups is 1. The van der Waals surface area contributed by atoms with Crippen LogP contribution in [0.4, 0.5) is 0 Å². The Balaban J connectivity index is 3.63. The zero-order chi connectivity index (χ0) is 17.1. The van der Waals surface area contributed by atoms with E-state index in [1.54, 1.807) is 6.92 Å². The quantitative estimate of drug-likeness (QED) is 0.308. The maximum atomic E-state index is 11.3. The van der Waals surface area contributed by atoms with Crippen LogP contribution >= 0.6 is 15.6 Å². The Morgan fingerprint density at radius 2 is 1.32 bits per heavy atom. The molecule has 0 heterocycles. The molecule has 0 aromatic carbocycles. The fourth-order valence-corrected chi connectivity index (χ4v) is 3.97. The summed E-state index contributed by atoms with van der Waals surface area (Å²) < 4.78 is 30.3. The van der Waals surface area contributed by atoms with Crippen molar-refractivity contribution in [1.82, 2.24) is 0 Å². The molecule has 134 valence electrons. The number of phosphoric acid groups is 2. The maximum Gasteiger partial charge on any atom is 0.481 e. The minimum Gasteiger partial charge on any atom is -0.302 e. The molecule has 2 atom stereocenters. The summed E-state index contributed by atoms with van der Waals surface area (Å²) >= 11 is 0. The Morgan fingerprint density at radius 1 is 0.864 bits per heavy atom. The van der Waals surface area contributed by atoms with E-state index in [9.17, 15) is 14.0 Å². The molecule has 0 radical (unpaired) electrons.